The first-order valence-corrected chi connectivity index (χ1v) is 11.9. The number of pyridine rings is 1. The molecular formula is C26H26F2N6O4. The Morgan fingerprint density at radius 2 is 1.89 bits per heavy atom. The van der Waals surface area contributed by atoms with E-state index in [0.717, 1.165) is 12.1 Å². The molecule has 4 aromatic rings. The van der Waals surface area contributed by atoms with Crippen molar-refractivity contribution in [3.8, 4) is 17.3 Å². The van der Waals surface area contributed by atoms with Crippen LogP contribution >= 0.6 is 0 Å². The first-order chi connectivity index (χ1) is 18.1. The molecule has 1 aliphatic rings. The highest BCUT2D eigenvalue weighted by molar-refractivity contribution is 6.06. The average Bonchev–Trinajstić information content (AvgIpc) is 3.33. The summed E-state index contributed by atoms with van der Waals surface area (Å²) in [6, 6.07) is 6.94. The highest BCUT2D eigenvalue weighted by atomic mass is 19.1. The van der Waals surface area contributed by atoms with Crippen molar-refractivity contribution < 1.29 is 28.5 Å². The molecule has 1 aliphatic heterocycles. The Kier molecular flexibility index (Phi) is 6.45. The van der Waals surface area contributed by atoms with E-state index in [9.17, 15) is 23.8 Å². The van der Waals surface area contributed by atoms with Gasteiger partial charge in [-0.05, 0) is 45.0 Å². The lowest BCUT2D eigenvalue weighted by Gasteiger charge is -2.20. The van der Waals surface area contributed by atoms with Crippen molar-refractivity contribution in [2.45, 2.75) is 38.9 Å². The summed E-state index contributed by atoms with van der Waals surface area (Å²) in [7, 11) is 0. The fourth-order valence-electron chi connectivity index (χ4n) is 4.39. The van der Waals surface area contributed by atoms with E-state index in [4.69, 9.17) is 4.74 Å². The van der Waals surface area contributed by atoms with Crippen molar-refractivity contribution in [2.24, 2.45) is 0 Å². The Morgan fingerprint density at radius 3 is 2.61 bits per heavy atom. The first-order valence-electron chi connectivity index (χ1n) is 11.9. The Hall–Kier alpha value is -4.16. The van der Waals surface area contributed by atoms with Crippen LogP contribution in [0.15, 0.2) is 36.5 Å². The van der Waals surface area contributed by atoms with Gasteiger partial charge in [-0.2, -0.15) is 0 Å². The SMILES string of the molecule is Cc1nc2c(OCc3c(F)cccc3F)cccn2c1-c1nc(NC[C@H](O)CO)c2c(n1)NC(=O)C2(C)C. The number of hydrogen-bond acceptors (Lipinski definition) is 8. The number of halogens is 2. The maximum Gasteiger partial charge on any atom is 0.235 e. The smallest absolute Gasteiger partial charge is 0.235 e. The second-order valence-electron chi connectivity index (χ2n) is 9.52. The molecule has 4 heterocycles. The van der Waals surface area contributed by atoms with Gasteiger partial charge in [0.05, 0.1) is 34.9 Å². The molecule has 12 heteroatoms. The number of nitrogens with zero attached hydrogens (tertiary/aromatic N) is 4. The van der Waals surface area contributed by atoms with Crippen LogP contribution in [0.2, 0.25) is 0 Å². The highest BCUT2D eigenvalue weighted by Gasteiger charge is 2.43. The van der Waals surface area contributed by atoms with Crippen LogP contribution in [0.25, 0.3) is 17.2 Å². The molecule has 1 atom stereocenters. The quantitative estimate of drug-likeness (QED) is 0.277. The minimum absolute atomic E-state index is 0.000389. The number of hydrogen-bond donors (Lipinski definition) is 4. The Balaban J connectivity index is 1.57. The minimum atomic E-state index is -1.03. The van der Waals surface area contributed by atoms with Crippen molar-refractivity contribution >= 4 is 23.2 Å². The zero-order valence-electron chi connectivity index (χ0n) is 20.9. The van der Waals surface area contributed by atoms with Gasteiger partial charge >= 0.3 is 0 Å². The fourth-order valence-corrected chi connectivity index (χ4v) is 4.39. The van der Waals surface area contributed by atoms with E-state index in [-0.39, 0.29) is 30.4 Å². The molecule has 0 spiro atoms. The number of aliphatic hydroxyl groups excluding tert-OH is 2. The summed E-state index contributed by atoms with van der Waals surface area (Å²) in [5, 5.41) is 24.9. The van der Waals surface area contributed by atoms with E-state index in [1.807, 2.05) is 0 Å². The van der Waals surface area contributed by atoms with E-state index in [2.05, 4.69) is 25.6 Å². The van der Waals surface area contributed by atoms with Crippen LogP contribution in [0.5, 0.6) is 5.75 Å². The molecule has 0 bridgehead atoms. The number of nitrogens with one attached hydrogen (secondary N) is 2. The van der Waals surface area contributed by atoms with Gasteiger partial charge in [-0.3, -0.25) is 9.20 Å². The minimum Gasteiger partial charge on any atom is -0.485 e. The summed E-state index contributed by atoms with van der Waals surface area (Å²) in [5.74, 6) is -0.481. The van der Waals surface area contributed by atoms with Crippen LogP contribution in [-0.4, -0.2) is 54.7 Å². The van der Waals surface area contributed by atoms with Gasteiger partial charge in [0.15, 0.2) is 17.2 Å². The number of imidazole rings is 1. The third kappa shape index (κ3) is 4.31. The zero-order chi connectivity index (χ0) is 27.2. The number of anilines is 2. The number of rotatable bonds is 8. The molecule has 4 N–H and O–H groups in total. The maximum atomic E-state index is 14.1. The average molecular weight is 525 g/mol. The van der Waals surface area contributed by atoms with E-state index in [1.165, 1.54) is 6.07 Å². The van der Waals surface area contributed by atoms with Crippen LogP contribution < -0.4 is 15.4 Å². The number of amides is 1. The van der Waals surface area contributed by atoms with Gasteiger partial charge in [-0.15, -0.1) is 0 Å². The van der Waals surface area contributed by atoms with Gasteiger partial charge in [0.25, 0.3) is 0 Å². The third-order valence-corrected chi connectivity index (χ3v) is 6.48. The van der Waals surface area contributed by atoms with E-state index < -0.39 is 29.8 Å². The van der Waals surface area contributed by atoms with Crippen LogP contribution in [-0.2, 0) is 16.8 Å². The van der Waals surface area contributed by atoms with Crippen LogP contribution in [0, 0.1) is 18.6 Å². The molecule has 3 aromatic heterocycles. The lowest BCUT2D eigenvalue weighted by atomic mass is 9.87. The molecule has 0 aliphatic carbocycles. The predicted octanol–water partition coefficient (Wildman–Crippen LogP) is 2.95. The van der Waals surface area contributed by atoms with Crippen molar-refractivity contribution in [2.75, 3.05) is 23.8 Å². The molecule has 38 heavy (non-hydrogen) atoms. The van der Waals surface area contributed by atoms with Crippen molar-refractivity contribution in [3.63, 3.8) is 0 Å². The molecule has 10 nitrogen and oxygen atoms in total. The molecule has 0 fully saturated rings. The van der Waals surface area contributed by atoms with Gasteiger partial charge in [0.1, 0.15) is 35.6 Å². The molecule has 1 aromatic carbocycles. The predicted molar refractivity (Wildman–Crippen MR) is 135 cm³/mol. The number of aryl methyl sites for hydroxylation is 1. The van der Waals surface area contributed by atoms with Crippen LogP contribution in [0.4, 0.5) is 20.4 Å². The summed E-state index contributed by atoms with van der Waals surface area (Å²) in [5.41, 5.74) is 0.851. The van der Waals surface area contributed by atoms with Gasteiger partial charge < -0.3 is 25.6 Å². The third-order valence-electron chi connectivity index (χ3n) is 6.48. The summed E-state index contributed by atoms with van der Waals surface area (Å²) >= 11 is 0. The number of aromatic nitrogens is 4. The number of ether oxygens (including phenoxy) is 1. The summed E-state index contributed by atoms with van der Waals surface area (Å²) in [4.78, 5) is 26.5. The lowest BCUT2D eigenvalue weighted by Crippen LogP contribution is -2.29. The monoisotopic (exact) mass is 524 g/mol. The molecule has 0 saturated carbocycles. The Bertz CT molecular complexity index is 1530. The van der Waals surface area contributed by atoms with E-state index in [1.54, 1.807) is 43.5 Å². The molecule has 5 rings (SSSR count). The number of carbonyl (C=O) groups is 1. The topological polar surface area (TPSA) is 134 Å². The van der Waals surface area contributed by atoms with Crippen molar-refractivity contribution in [1.82, 2.24) is 19.4 Å². The van der Waals surface area contributed by atoms with Gasteiger partial charge in [0, 0.05) is 12.7 Å². The number of fused-ring (bicyclic) bond motifs is 2. The van der Waals surface area contributed by atoms with Gasteiger partial charge in [0.2, 0.25) is 5.91 Å². The van der Waals surface area contributed by atoms with Crippen molar-refractivity contribution in [1.29, 1.82) is 0 Å². The lowest BCUT2D eigenvalue weighted by molar-refractivity contribution is -0.119. The zero-order valence-corrected chi connectivity index (χ0v) is 20.9. The second-order valence-corrected chi connectivity index (χ2v) is 9.52. The largest absolute Gasteiger partial charge is 0.485 e. The normalized spacial score (nSPS) is 14.9. The van der Waals surface area contributed by atoms with Gasteiger partial charge in [-0.1, -0.05) is 6.07 Å². The number of aliphatic hydroxyl groups is 2. The summed E-state index contributed by atoms with van der Waals surface area (Å²) in [6.45, 7) is 4.46. The standard InChI is InChI=1S/C26H26F2N6O4/c1-13-20(23-31-21(29-10-14(36)11-35)19-22(32-23)33-25(37)26(19,2)3)34-9-5-8-18(24(34)30-13)38-12-15-16(27)6-4-7-17(15)28/h4-9,14,35-36H,10-12H2,1-3H3,(H2,29,31,32,33,37)/t14-/m0/s1. The van der Waals surface area contributed by atoms with Crippen molar-refractivity contribution in [3.05, 3.63) is 65.0 Å². The molecular weight excluding hydrogens is 498 g/mol. The summed E-state index contributed by atoms with van der Waals surface area (Å²) < 4.78 is 35.7. The van der Waals surface area contributed by atoms with Gasteiger partial charge in [-0.25, -0.2) is 23.7 Å². The molecule has 1 amide bonds. The van der Waals surface area contributed by atoms with Crippen LogP contribution in [0.3, 0.4) is 0 Å². The maximum absolute atomic E-state index is 14.1. The fraction of sp³-hybridized carbons (Fsp3) is 0.308. The number of benzene rings is 1. The molecule has 198 valence electrons. The summed E-state index contributed by atoms with van der Waals surface area (Å²) in [6.07, 6.45) is 0.692. The van der Waals surface area contributed by atoms with E-state index in [0.29, 0.717) is 40.0 Å². The first kappa shape index (κ1) is 25.5. The number of carbonyl (C=O) groups excluding carboxylic acids is 1. The molecule has 0 unspecified atom stereocenters. The Labute approximate surface area is 216 Å². The van der Waals surface area contributed by atoms with Crippen LogP contribution in [0.1, 0.15) is 30.7 Å². The molecule has 0 saturated heterocycles. The second kappa shape index (κ2) is 9.62. The highest BCUT2D eigenvalue weighted by Crippen LogP contribution is 2.42. The molecule has 0 radical (unpaired) electrons. The Morgan fingerprint density at radius 1 is 1.16 bits per heavy atom. The van der Waals surface area contributed by atoms with E-state index >= 15 is 0 Å².